The summed E-state index contributed by atoms with van der Waals surface area (Å²) in [7, 11) is 0. The molecule has 0 fully saturated rings. The van der Waals surface area contributed by atoms with Crippen LogP contribution in [0.5, 0.6) is 0 Å². The predicted octanol–water partition coefficient (Wildman–Crippen LogP) is 1.44. The zero-order valence-electron chi connectivity index (χ0n) is 15.6. The molecule has 3 aromatic rings. The first-order valence-electron chi connectivity index (χ1n) is 8.80. The molecule has 0 aliphatic heterocycles. The van der Waals surface area contributed by atoms with Crippen molar-refractivity contribution >= 4 is 29.2 Å². The zero-order valence-corrected chi connectivity index (χ0v) is 15.6. The molecule has 1 aromatic heterocycles. The highest BCUT2D eigenvalue weighted by molar-refractivity contribution is 6.06. The summed E-state index contributed by atoms with van der Waals surface area (Å²) in [4.78, 5) is 47.1. The van der Waals surface area contributed by atoms with E-state index in [2.05, 4.69) is 26.1 Å². The Bertz CT molecular complexity index is 1140. The number of benzene rings is 2. The maximum atomic E-state index is 12.5. The summed E-state index contributed by atoms with van der Waals surface area (Å²) in [6.07, 6.45) is 2.23. The van der Waals surface area contributed by atoms with Crippen molar-refractivity contribution in [3.63, 3.8) is 0 Å². The van der Waals surface area contributed by atoms with Crippen molar-refractivity contribution in [1.82, 2.24) is 15.5 Å². The molecule has 0 bridgehead atoms. The lowest BCUT2D eigenvalue weighted by atomic mass is 10.1. The fraction of sp³-hybridized carbons (Fsp3) is 0.0500. The van der Waals surface area contributed by atoms with E-state index in [0.717, 1.165) is 11.8 Å². The average molecular weight is 406 g/mol. The molecule has 0 aliphatic rings. The fourth-order valence-electron chi connectivity index (χ4n) is 2.56. The molecule has 0 atom stereocenters. The molecule has 30 heavy (non-hydrogen) atoms. The van der Waals surface area contributed by atoms with Crippen LogP contribution in [0.3, 0.4) is 0 Å². The van der Waals surface area contributed by atoms with Crippen molar-refractivity contribution in [1.29, 1.82) is 0 Å². The van der Waals surface area contributed by atoms with Gasteiger partial charge in [-0.1, -0.05) is 18.2 Å². The molecule has 6 N–H and O–H groups in total. The number of nitrogens with one attached hydrogen (secondary N) is 4. The molecule has 2 aromatic carbocycles. The lowest BCUT2D eigenvalue weighted by Gasteiger charge is -2.09. The largest absolute Gasteiger partial charge is 0.352 e. The van der Waals surface area contributed by atoms with Crippen LogP contribution < -0.4 is 27.1 Å². The summed E-state index contributed by atoms with van der Waals surface area (Å²) in [5.74, 6) is -0.944. The first-order chi connectivity index (χ1) is 14.4. The Morgan fingerprint density at radius 3 is 2.27 bits per heavy atom. The third-order valence-electron chi connectivity index (χ3n) is 4.04. The van der Waals surface area contributed by atoms with Gasteiger partial charge in [0.25, 0.3) is 11.8 Å². The Hall–Kier alpha value is -4.47. The molecule has 0 aliphatic carbocycles. The molecule has 0 radical (unpaired) electrons. The van der Waals surface area contributed by atoms with Gasteiger partial charge in [0.05, 0.1) is 6.20 Å². The van der Waals surface area contributed by atoms with Gasteiger partial charge in [0, 0.05) is 29.7 Å². The van der Waals surface area contributed by atoms with Gasteiger partial charge in [0.2, 0.25) is 5.43 Å². The maximum Gasteiger partial charge on any atom is 0.312 e. The minimum absolute atomic E-state index is 0.0784. The number of rotatable bonds is 6. The van der Waals surface area contributed by atoms with Crippen LogP contribution in [-0.4, -0.2) is 28.0 Å². The highest BCUT2D eigenvalue weighted by atomic mass is 16.2. The van der Waals surface area contributed by atoms with Crippen molar-refractivity contribution in [2.45, 2.75) is 6.54 Å². The summed E-state index contributed by atoms with van der Waals surface area (Å²) in [5, 5.41) is 13.8. The van der Waals surface area contributed by atoms with Crippen LogP contribution in [-0.2, 0) is 6.54 Å². The van der Waals surface area contributed by atoms with E-state index in [0.29, 0.717) is 16.9 Å². The molecule has 3 rings (SSSR count). The van der Waals surface area contributed by atoms with E-state index in [1.54, 1.807) is 48.5 Å². The molecule has 10 heteroatoms. The number of nitrogens with two attached hydrogens (primary N) is 1. The van der Waals surface area contributed by atoms with E-state index >= 15 is 0 Å². The second-order valence-electron chi connectivity index (χ2n) is 6.21. The van der Waals surface area contributed by atoms with Gasteiger partial charge in [0.15, 0.2) is 0 Å². The second kappa shape index (κ2) is 9.15. The molecular weight excluding hydrogens is 388 g/mol. The lowest BCUT2D eigenvalue weighted by molar-refractivity contribution is 0.101. The van der Waals surface area contributed by atoms with E-state index in [-0.39, 0.29) is 18.0 Å². The van der Waals surface area contributed by atoms with Crippen molar-refractivity contribution in [3.05, 3.63) is 87.8 Å². The third-order valence-corrected chi connectivity index (χ3v) is 4.04. The fourth-order valence-corrected chi connectivity index (χ4v) is 2.56. The van der Waals surface area contributed by atoms with Crippen LogP contribution in [0, 0.1) is 0 Å². The first-order valence-corrected chi connectivity index (χ1v) is 8.80. The van der Waals surface area contributed by atoms with Gasteiger partial charge in [-0.15, -0.1) is 0 Å². The molecule has 0 saturated heterocycles. The van der Waals surface area contributed by atoms with Gasteiger partial charge in [-0.25, -0.2) is 4.79 Å². The Morgan fingerprint density at radius 1 is 0.967 bits per heavy atom. The minimum atomic E-state index is -0.627. The first kappa shape index (κ1) is 20.3. The van der Waals surface area contributed by atoms with Gasteiger partial charge >= 0.3 is 6.03 Å². The number of amides is 4. The maximum absolute atomic E-state index is 12.5. The molecule has 0 unspecified atom stereocenters. The highest BCUT2D eigenvalue weighted by Crippen LogP contribution is 2.17. The van der Waals surface area contributed by atoms with E-state index in [4.69, 9.17) is 5.73 Å². The summed E-state index contributed by atoms with van der Waals surface area (Å²) < 4.78 is 0. The quantitative estimate of drug-likeness (QED) is 0.418. The summed E-state index contributed by atoms with van der Waals surface area (Å²) >= 11 is 0. The van der Waals surface area contributed by atoms with Crippen molar-refractivity contribution in [2.24, 2.45) is 5.73 Å². The normalized spacial score (nSPS) is 10.1. The number of aromatic amines is 1. The van der Waals surface area contributed by atoms with Crippen LogP contribution in [0.25, 0.3) is 0 Å². The van der Waals surface area contributed by atoms with Gasteiger partial charge in [-0.2, -0.15) is 5.10 Å². The van der Waals surface area contributed by atoms with Crippen LogP contribution in [0.2, 0.25) is 0 Å². The van der Waals surface area contributed by atoms with Gasteiger partial charge in [0.1, 0.15) is 5.56 Å². The highest BCUT2D eigenvalue weighted by Gasteiger charge is 2.11. The van der Waals surface area contributed by atoms with Crippen molar-refractivity contribution in [2.75, 3.05) is 10.6 Å². The molecule has 4 amide bonds. The molecule has 152 valence electrons. The number of urea groups is 1. The monoisotopic (exact) mass is 406 g/mol. The zero-order chi connectivity index (χ0) is 21.5. The van der Waals surface area contributed by atoms with Crippen LogP contribution in [0.15, 0.2) is 65.7 Å². The molecule has 1 heterocycles. The number of primary amides is 1. The minimum Gasteiger partial charge on any atom is -0.352 e. The smallest absolute Gasteiger partial charge is 0.312 e. The summed E-state index contributed by atoms with van der Waals surface area (Å²) in [6.45, 7) is 0.263. The SMILES string of the molecule is NC(=O)NCc1ccc(C(=O)Nc2cccc(NC(=O)c3c[nH]ncc3=O)c2)cc1. The number of H-pyrrole nitrogens is 1. The Morgan fingerprint density at radius 2 is 1.63 bits per heavy atom. The predicted molar refractivity (Wildman–Crippen MR) is 110 cm³/mol. The van der Waals surface area contributed by atoms with E-state index in [9.17, 15) is 19.2 Å². The number of hydrogen-bond acceptors (Lipinski definition) is 5. The molecular formula is C20H18N6O4. The molecule has 10 nitrogen and oxygen atoms in total. The molecule has 0 saturated carbocycles. The Balaban J connectivity index is 1.65. The Labute approximate surface area is 170 Å². The summed E-state index contributed by atoms with van der Waals surface area (Å²) in [5.41, 5.74) is 6.51. The number of anilines is 2. The van der Waals surface area contributed by atoms with Crippen LogP contribution in [0.1, 0.15) is 26.3 Å². The van der Waals surface area contributed by atoms with Gasteiger partial charge in [-0.05, 0) is 35.9 Å². The van der Waals surface area contributed by atoms with Crippen LogP contribution >= 0.6 is 0 Å². The van der Waals surface area contributed by atoms with E-state index < -0.39 is 17.4 Å². The molecule has 0 spiro atoms. The topological polar surface area (TPSA) is 159 Å². The number of hydrogen-bond donors (Lipinski definition) is 5. The number of nitrogens with zero attached hydrogens (tertiary/aromatic N) is 1. The average Bonchev–Trinajstić information content (AvgIpc) is 2.73. The Kier molecular flexibility index (Phi) is 6.18. The second-order valence-corrected chi connectivity index (χ2v) is 6.21. The van der Waals surface area contributed by atoms with E-state index in [1.165, 1.54) is 6.20 Å². The van der Waals surface area contributed by atoms with Gasteiger partial charge < -0.3 is 21.7 Å². The standard InChI is InChI=1S/C20H18N6O4/c21-20(30)22-9-12-4-6-13(7-5-12)18(28)25-14-2-1-3-15(8-14)26-19(29)16-10-23-24-11-17(16)27/h1-8,10-11H,9H2,(H,23,27)(H,25,28)(H,26,29)(H3,21,22,30). The van der Waals surface area contributed by atoms with Crippen molar-refractivity contribution in [3.8, 4) is 0 Å². The third kappa shape index (κ3) is 5.29. The lowest BCUT2D eigenvalue weighted by Crippen LogP contribution is -2.28. The summed E-state index contributed by atoms with van der Waals surface area (Å²) in [6, 6.07) is 12.5. The number of aromatic nitrogens is 2. The van der Waals surface area contributed by atoms with Crippen LogP contribution in [0.4, 0.5) is 16.2 Å². The van der Waals surface area contributed by atoms with Gasteiger partial charge in [-0.3, -0.25) is 19.5 Å². The number of carbonyl (C=O) groups is 3. The number of carbonyl (C=O) groups excluding carboxylic acids is 3. The van der Waals surface area contributed by atoms with E-state index in [1.807, 2.05) is 0 Å². The van der Waals surface area contributed by atoms with Crippen molar-refractivity contribution < 1.29 is 14.4 Å².